The van der Waals surface area contributed by atoms with E-state index in [2.05, 4.69) is 29.0 Å². The van der Waals surface area contributed by atoms with E-state index in [0.29, 0.717) is 0 Å². The van der Waals surface area contributed by atoms with Crippen LogP contribution in [0.5, 0.6) is 0 Å². The molecule has 2 rings (SSSR count). The molecule has 0 amide bonds. The van der Waals surface area contributed by atoms with Crippen LogP contribution in [0.2, 0.25) is 0 Å². The Labute approximate surface area is 91.3 Å². The highest BCUT2D eigenvalue weighted by Gasteiger charge is 2.05. The van der Waals surface area contributed by atoms with Crippen molar-refractivity contribution < 1.29 is 9.53 Å². The number of benzene rings is 1. The first kappa shape index (κ1) is 11.8. The van der Waals surface area contributed by atoms with Crippen molar-refractivity contribution in [3.63, 3.8) is 0 Å². The van der Waals surface area contributed by atoms with E-state index >= 15 is 0 Å². The molecule has 0 fully saturated rings. The van der Waals surface area contributed by atoms with Crippen molar-refractivity contribution in [2.24, 2.45) is 0 Å². The zero-order valence-electron chi connectivity index (χ0n) is 9.45. The molecule has 0 saturated carbocycles. The predicted octanol–water partition coefficient (Wildman–Crippen LogP) is 2.74. The topological polar surface area (TPSA) is 26.3 Å². The Bertz CT molecular complexity index is 293. The van der Waals surface area contributed by atoms with E-state index in [1.54, 1.807) is 11.1 Å². The predicted molar refractivity (Wildman–Crippen MR) is 60.8 cm³/mol. The first-order valence-electron chi connectivity index (χ1n) is 5.35. The average Bonchev–Trinajstić information content (AvgIpc) is 2.30. The van der Waals surface area contributed by atoms with Gasteiger partial charge in [-0.1, -0.05) is 24.3 Å². The van der Waals surface area contributed by atoms with Crippen molar-refractivity contribution in [3.8, 4) is 0 Å². The second-order valence-electron chi connectivity index (χ2n) is 3.67. The van der Waals surface area contributed by atoms with E-state index in [-0.39, 0.29) is 5.97 Å². The zero-order chi connectivity index (χ0) is 11.1. The summed E-state index contributed by atoms with van der Waals surface area (Å²) in [5.74, 6) is -0.245. The summed E-state index contributed by atoms with van der Waals surface area (Å²) in [5.41, 5.74) is 3.16. The van der Waals surface area contributed by atoms with Crippen LogP contribution in [0, 0.1) is 0 Å². The number of methoxy groups -OCH3 is 1. The van der Waals surface area contributed by atoms with Gasteiger partial charge in [0, 0.05) is 6.92 Å². The molecule has 1 aliphatic rings. The van der Waals surface area contributed by atoms with Gasteiger partial charge < -0.3 is 4.74 Å². The van der Waals surface area contributed by atoms with Crippen molar-refractivity contribution >= 4 is 5.97 Å². The van der Waals surface area contributed by atoms with Crippen LogP contribution < -0.4 is 0 Å². The number of carbonyl (C=O) groups excluding carboxylic acids is 1. The van der Waals surface area contributed by atoms with Gasteiger partial charge in [0.15, 0.2) is 0 Å². The molecule has 0 bridgehead atoms. The number of hydrogen-bond donors (Lipinski definition) is 0. The lowest BCUT2D eigenvalue weighted by atomic mass is 9.92. The first-order chi connectivity index (χ1) is 7.24. The fourth-order valence-corrected chi connectivity index (χ4v) is 1.68. The summed E-state index contributed by atoms with van der Waals surface area (Å²) in [4.78, 5) is 9.59. The normalized spacial score (nSPS) is 13.2. The zero-order valence-corrected chi connectivity index (χ0v) is 9.45. The number of ether oxygens (including phenoxy) is 1. The number of aryl methyl sites for hydroxylation is 2. The summed E-state index contributed by atoms with van der Waals surface area (Å²) in [6.07, 6.45) is 5.38. The molecule has 0 atom stereocenters. The third-order valence-electron chi connectivity index (χ3n) is 2.55. The molecule has 1 aliphatic carbocycles. The van der Waals surface area contributed by atoms with Gasteiger partial charge in [0.2, 0.25) is 0 Å². The number of hydrogen-bond acceptors (Lipinski definition) is 2. The van der Waals surface area contributed by atoms with Gasteiger partial charge in [0.05, 0.1) is 7.11 Å². The Hall–Kier alpha value is -1.31. The molecule has 0 aromatic heterocycles. The van der Waals surface area contributed by atoms with Gasteiger partial charge in [0.1, 0.15) is 0 Å². The van der Waals surface area contributed by atoms with Crippen molar-refractivity contribution in [2.75, 3.05) is 7.11 Å². The summed E-state index contributed by atoms with van der Waals surface area (Å²) in [5, 5.41) is 0. The van der Waals surface area contributed by atoms with E-state index in [4.69, 9.17) is 0 Å². The Kier molecular flexibility index (Phi) is 4.88. The van der Waals surface area contributed by atoms with E-state index in [9.17, 15) is 4.79 Å². The van der Waals surface area contributed by atoms with Crippen LogP contribution in [0.3, 0.4) is 0 Å². The molecule has 2 nitrogen and oxygen atoms in total. The van der Waals surface area contributed by atoms with Crippen LogP contribution in [-0.2, 0) is 22.4 Å². The van der Waals surface area contributed by atoms with E-state index in [1.807, 2.05) is 0 Å². The highest BCUT2D eigenvalue weighted by Crippen LogP contribution is 2.19. The van der Waals surface area contributed by atoms with Crippen molar-refractivity contribution in [1.82, 2.24) is 0 Å². The van der Waals surface area contributed by atoms with Crippen LogP contribution in [-0.4, -0.2) is 13.1 Å². The van der Waals surface area contributed by atoms with E-state index < -0.39 is 0 Å². The van der Waals surface area contributed by atoms with Crippen LogP contribution in [0.1, 0.15) is 30.9 Å². The third kappa shape index (κ3) is 4.15. The van der Waals surface area contributed by atoms with E-state index in [1.165, 1.54) is 39.7 Å². The number of fused-ring (bicyclic) bond motifs is 1. The molecule has 0 heterocycles. The second kappa shape index (κ2) is 6.23. The van der Waals surface area contributed by atoms with Crippen molar-refractivity contribution in [2.45, 2.75) is 32.6 Å². The van der Waals surface area contributed by atoms with Gasteiger partial charge in [-0.25, -0.2) is 0 Å². The quantitative estimate of drug-likeness (QED) is 0.610. The van der Waals surface area contributed by atoms with Crippen LogP contribution in [0.15, 0.2) is 24.3 Å². The molecular formula is C13H18O2. The van der Waals surface area contributed by atoms with Gasteiger partial charge in [-0.3, -0.25) is 4.79 Å². The minimum atomic E-state index is -0.245. The maximum absolute atomic E-state index is 9.59. The number of carbonyl (C=O) groups is 1. The van der Waals surface area contributed by atoms with Crippen LogP contribution in [0.4, 0.5) is 0 Å². The molecule has 2 heteroatoms. The molecule has 1 aromatic rings. The molecule has 0 unspecified atom stereocenters. The van der Waals surface area contributed by atoms with Gasteiger partial charge in [-0.05, 0) is 36.8 Å². The lowest BCUT2D eigenvalue weighted by Crippen LogP contribution is -2.00. The van der Waals surface area contributed by atoms with Crippen LogP contribution in [0.25, 0.3) is 0 Å². The molecule has 0 N–H and O–H groups in total. The molecule has 0 saturated heterocycles. The summed E-state index contributed by atoms with van der Waals surface area (Å²) >= 11 is 0. The highest BCUT2D eigenvalue weighted by atomic mass is 16.5. The largest absolute Gasteiger partial charge is 0.469 e. The Morgan fingerprint density at radius 3 is 1.87 bits per heavy atom. The number of esters is 1. The molecule has 0 aliphatic heterocycles. The van der Waals surface area contributed by atoms with Gasteiger partial charge in [-0.2, -0.15) is 0 Å². The minimum absolute atomic E-state index is 0.245. The van der Waals surface area contributed by atoms with Crippen molar-refractivity contribution in [1.29, 1.82) is 0 Å². The van der Waals surface area contributed by atoms with Gasteiger partial charge in [-0.15, -0.1) is 0 Å². The standard InChI is InChI=1S/C10H12.C3H6O2/c1-2-6-10-8-4-3-7-9(10)5-1;1-3(4)5-2/h1-2,5-6H,3-4,7-8H2;1-2H3. The first-order valence-corrected chi connectivity index (χ1v) is 5.35. The average molecular weight is 206 g/mol. The fraction of sp³-hybridized carbons (Fsp3) is 0.462. The maximum Gasteiger partial charge on any atom is 0.302 e. The number of rotatable bonds is 0. The summed E-state index contributed by atoms with van der Waals surface area (Å²) in [6.45, 7) is 1.36. The highest BCUT2D eigenvalue weighted by molar-refractivity contribution is 5.65. The lowest BCUT2D eigenvalue weighted by molar-refractivity contribution is -0.137. The smallest absolute Gasteiger partial charge is 0.302 e. The molecule has 0 radical (unpaired) electrons. The summed E-state index contributed by atoms with van der Waals surface area (Å²) < 4.78 is 4.11. The Balaban J connectivity index is 0.000000195. The Morgan fingerprint density at radius 1 is 1.13 bits per heavy atom. The second-order valence-corrected chi connectivity index (χ2v) is 3.67. The fourth-order valence-electron chi connectivity index (χ4n) is 1.68. The molecule has 1 aromatic carbocycles. The minimum Gasteiger partial charge on any atom is -0.469 e. The molecule has 82 valence electrons. The molecule has 15 heavy (non-hydrogen) atoms. The Morgan fingerprint density at radius 2 is 1.53 bits per heavy atom. The maximum atomic E-state index is 9.59. The SMILES string of the molecule is COC(C)=O.c1ccc2c(c1)CCCC2. The summed E-state index contributed by atoms with van der Waals surface area (Å²) in [6, 6.07) is 8.80. The third-order valence-corrected chi connectivity index (χ3v) is 2.55. The van der Waals surface area contributed by atoms with E-state index in [0.717, 1.165) is 0 Å². The van der Waals surface area contributed by atoms with Gasteiger partial charge >= 0.3 is 5.97 Å². The monoisotopic (exact) mass is 206 g/mol. The molecule has 0 spiro atoms. The molecular weight excluding hydrogens is 188 g/mol. The lowest BCUT2D eigenvalue weighted by Gasteiger charge is -2.13. The van der Waals surface area contributed by atoms with Gasteiger partial charge in [0.25, 0.3) is 0 Å². The van der Waals surface area contributed by atoms with Crippen LogP contribution >= 0.6 is 0 Å². The van der Waals surface area contributed by atoms with Crippen molar-refractivity contribution in [3.05, 3.63) is 35.4 Å². The summed E-state index contributed by atoms with van der Waals surface area (Å²) in [7, 11) is 1.35.